The maximum atomic E-state index is 12.6. The Kier molecular flexibility index (Phi) is 4.64. The molecule has 0 spiro atoms. The van der Waals surface area contributed by atoms with Gasteiger partial charge >= 0.3 is 6.03 Å². The lowest BCUT2D eigenvalue weighted by molar-refractivity contribution is 0.253. The van der Waals surface area contributed by atoms with Gasteiger partial charge in [0.1, 0.15) is 5.75 Å². The van der Waals surface area contributed by atoms with Crippen LogP contribution in [0, 0.1) is 0 Å². The first-order valence-corrected chi connectivity index (χ1v) is 7.61. The van der Waals surface area contributed by atoms with Crippen molar-refractivity contribution in [2.75, 3.05) is 23.9 Å². The van der Waals surface area contributed by atoms with Gasteiger partial charge in [-0.3, -0.25) is 9.80 Å². The van der Waals surface area contributed by atoms with E-state index in [4.69, 9.17) is 0 Å². The zero-order valence-corrected chi connectivity index (χ0v) is 14.4. The third-order valence-electron chi connectivity index (χ3n) is 3.91. The Hall–Kier alpha value is -2.49. The highest BCUT2D eigenvalue weighted by molar-refractivity contribution is 6.02. The topological polar surface area (TPSA) is 43.8 Å². The van der Waals surface area contributed by atoms with Crippen LogP contribution in [-0.4, -0.2) is 25.2 Å². The minimum Gasteiger partial charge on any atom is -0.508 e. The molecule has 23 heavy (non-hydrogen) atoms. The van der Waals surface area contributed by atoms with Gasteiger partial charge in [-0.15, -0.1) is 0 Å². The number of phenols is 1. The standard InChI is InChI=1S/C19H24N2O2/c1-19(2,3)14-9-11-15(12-10-14)20(4)18(23)21(5)16-7-6-8-17(22)13-16/h6-13,22H,1-5H3. The summed E-state index contributed by atoms with van der Waals surface area (Å²) in [6.07, 6.45) is 0. The lowest BCUT2D eigenvalue weighted by Crippen LogP contribution is -2.38. The van der Waals surface area contributed by atoms with Crippen LogP contribution in [0.4, 0.5) is 16.2 Å². The van der Waals surface area contributed by atoms with E-state index in [0.717, 1.165) is 5.69 Å². The SMILES string of the molecule is CN(C(=O)N(C)c1cccc(O)c1)c1ccc(C(C)(C)C)cc1. The van der Waals surface area contributed by atoms with Gasteiger partial charge in [-0.05, 0) is 35.2 Å². The first-order valence-electron chi connectivity index (χ1n) is 7.61. The van der Waals surface area contributed by atoms with Gasteiger partial charge in [-0.2, -0.15) is 0 Å². The molecule has 0 heterocycles. The fourth-order valence-corrected chi connectivity index (χ4v) is 2.33. The zero-order chi connectivity index (χ0) is 17.2. The first kappa shape index (κ1) is 16.9. The minimum atomic E-state index is -0.167. The molecule has 0 saturated heterocycles. The van der Waals surface area contributed by atoms with Crippen LogP contribution in [-0.2, 0) is 5.41 Å². The summed E-state index contributed by atoms with van der Waals surface area (Å²) < 4.78 is 0. The number of hydrogen-bond donors (Lipinski definition) is 1. The van der Waals surface area contributed by atoms with E-state index < -0.39 is 0 Å². The molecule has 0 aliphatic carbocycles. The van der Waals surface area contributed by atoms with Crippen molar-refractivity contribution in [3.05, 3.63) is 54.1 Å². The number of rotatable bonds is 2. The molecule has 0 atom stereocenters. The Morgan fingerprint density at radius 2 is 1.48 bits per heavy atom. The zero-order valence-electron chi connectivity index (χ0n) is 14.4. The summed E-state index contributed by atoms with van der Waals surface area (Å²) in [5.41, 5.74) is 2.78. The van der Waals surface area contributed by atoms with Crippen molar-refractivity contribution in [2.45, 2.75) is 26.2 Å². The highest BCUT2D eigenvalue weighted by Crippen LogP contribution is 2.26. The van der Waals surface area contributed by atoms with E-state index in [0.29, 0.717) is 5.69 Å². The molecule has 0 aromatic heterocycles. The van der Waals surface area contributed by atoms with E-state index >= 15 is 0 Å². The number of carbonyl (C=O) groups excluding carboxylic acids is 1. The summed E-state index contributed by atoms with van der Waals surface area (Å²) in [6.45, 7) is 6.48. The highest BCUT2D eigenvalue weighted by Gasteiger charge is 2.19. The number of carbonyl (C=O) groups is 1. The van der Waals surface area contributed by atoms with Gasteiger partial charge in [-0.25, -0.2) is 4.79 Å². The van der Waals surface area contributed by atoms with Crippen molar-refractivity contribution < 1.29 is 9.90 Å². The van der Waals surface area contributed by atoms with E-state index in [1.165, 1.54) is 10.5 Å². The molecule has 4 nitrogen and oxygen atoms in total. The molecule has 0 radical (unpaired) electrons. The number of aromatic hydroxyl groups is 1. The fraction of sp³-hybridized carbons (Fsp3) is 0.316. The Morgan fingerprint density at radius 1 is 0.913 bits per heavy atom. The lowest BCUT2D eigenvalue weighted by atomic mass is 9.87. The highest BCUT2D eigenvalue weighted by atomic mass is 16.3. The average molecular weight is 312 g/mol. The lowest BCUT2D eigenvalue weighted by Gasteiger charge is -2.26. The largest absolute Gasteiger partial charge is 0.508 e. The molecular weight excluding hydrogens is 288 g/mol. The molecule has 0 saturated carbocycles. The van der Waals surface area contributed by atoms with Gasteiger partial charge < -0.3 is 5.11 Å². The van der Waals surface area contributed by atoms with E-state index in [-0.39, 0.29) is 17.2 Å². The number of urea groups is 1. The molecule has 0 aliphatic rings. The number of benzene rings is 2. The van der Waals surface area contributed by atoms with Crippen molar-refractivity contribution in [3.63, 3.8) is 0 Å². The third-order valence-corrected chi connectivity index (χ3v) is 3.91. The minimum absolute atomic E-state index is 0.0828. The fourth-order valence-electron chi connectivity index (χ4n) is 2.33. The van der Waals surface area contributed by atoms with Crippen LogP contribution in [0.2, 0.25) is 0 Å². The predicted molar refractivity (Wildman–Crippen MR) is 95.5 cm³/mol. The summed E-state index contributed by atoms with van der Waals surface area (Å²) in [5.74, 6) is 0.138. The van der Waals surface area contributed by atoms with Gasteiger partial charge in [0.2, 0.25) is 0 Å². The third kappa shape index (κ3) is 3.83. The molecule has 2 rings (SSSR count). The number of anilines is 2. The molecule has 2 aromatic rings. The van der Waals surface area contributed by atoms with Crippen LogP contribution in [0.1, 0.15) is 26.3 Å². The normalized spacial score (nSPS) is 11.2. The molecule has 4 heteroatoms. The van der Waals surface area contributed by atoms with Crippen LogP contribution in [0.15, 0.2) is 48.5 Å². The Labute approximate surface area is 138 Å². The van der Waals surface area contributed by atoms with Crippen LogP contribution < -0.4 is 9.80 Å². The van der Waals surface area contributed by atoms with Crippen molar-refractivity contribution in [3.8, 4) is 5.75 Å². The van der Waals surface area contributed by atoms with Crippen LogP contribution in [0.3, 0.4) is 0 Å². The molecule has 2 amide bonds. The van der Waals surface area contributed by atoms with E-state index in [2.05, 4.69) is 20.8 Å². The van der Waals surface area contributed by atoms with Gasteiger partial charge in [0.05, 0.1) is 0 Å². The molecule has 0 unspecified atom stereocenters. The summed E-state index contributed by atoms with van der Waals surface area (Å²) in [7, 11) is 3.44. The molecule has 0 fully saturated rings. The number of phenolic OH excluding ortho intramolecular Hbond substituents is 1. The molecular formula is C19H24N2O2. The van der Waals surface area contributed by atoms with Crippen molar-refractivity contribution >= 4 is 17.4 Å². The van der Waals surface area contributed by atoms with Crippen molar-refractivity contribution in [1.82, 2.24) is 0 Å². The van der Waals surface area contributed by atoms with E-state index in [1.54, 1.807) is 43.3 Å². The second-order valence-corrected chi connectivity index (χ2v) is 6.72. The Morgan fingerprint density at radius 3 is 2.00 bits per heavy atom. The van der Waals surface area contributed by atoms with Gasteiger partial charge in [-0.1, -0.05) is 39.0 Å². The van der Waals surface area contributed by atoms with E-state index in [1.807, 2.05) is 24.3 Å². The first-order chi connectivity index (χ1) is 10.7. The molecule has 2 aromatic carbocycles. The van der Waals surface area contributed by atoms with E-state index in [9.17, 15) is 9.90 Å². The maximum Gasteiger partial charge on any atom is 0.328 e. The molecule has 0 aliphatic heterocycles. The quantitative estimate of drug-likeness (QED) is 0.894. The Bertz CT molecular complexity index is 687. The summed E-state index contributed by atoms with van der Waals surface area (Å²) in [4.78, 5) is 15.7. The second-order valence-electron chi connectivity index (χ2n) is 6.72. The summed E-state index contributed by atoms with van der Waals surface area (Å²) in [5, 5.41) is 9.55. The summed E-state index contributed by atoms with van der Waals surface area (Å²) >= 11 is 0. The molecule has 1 N–H and O–H groups in total. The average Bonchev–Trinajstić information content (AvgIpc) is 2.52. The van der Waals surface area contributed by atoms with Gasteiger partial charge in [0.25, 0.3) is 0 Å². The van der Waals surface area contributed by atoms with Crippen LogP contribution >= 0.6 is 0 Å². The van der Waals surface area contributed by atoms with Crippen LogP contribution in [0.25, 0.3) is 0 Å². The number of amides is 2. The summed E-state index contributed by atoms with van der Waals surface area (Å²) in [6, 6.07) is 14.5. The monoisotopic (exact) mass is 312 g/mol. The molecule has 0 bridgehead atoms. The van der Waals surface area contributed by atoms with Crippen molar-refractivity contribution in [2.24, 2.45) is 0 Å². The smallest absolute Gasteiger partial charge is 0.328 e. The second kappa shape index (κ2) is 6.32. The van der Waals surface area contributed by atoms with Crippen molar-refractivity contribution in [1.29, 1.82) is 0 Å². The maximum absolute atomic E-state index is 12.6. The van der Waals surface area contributed by atoms with Gasteiger partial charge in [0, 0.05) is 31.5 Å². The number of hydrogen-bond acceptors (Lipinski definition) is 2. The Balaban J connectivity index is 2.19. The van der Waals surface area contributed by atoms with Crippen LogP contribution in [0.5, 0.6) is 5.75 Å². The number of nitrogens with zero attached hydrogens (tertiary/aromatic N) is 2. The van der Waals surface area contributed by atoms with Gasteiger partial charge in [0.15, 0.2) is 0 Å². The predicted octanol–water partition coefficient (Wildman–Crippen LogP) is 4.38. The molecule has 122 valence electrons.